The van der Waals surface area contributed by atoms with Crippen LogP contribution in [0.4, 0.5) is 0 Å². The molecule has 2 aromatic rings. The van der Waals surface area contributed by atoms with E-state index in [2.05, 4.69) is 39.5 Å². The van der Waals surface area contributed by atoms with Gasteiger partial charge in [-0.3, -0.25) is 14.5 Å². The van der Waals surface area contributed by atoms with E-state index >= 15 is 0 Å². The lowest BCUT2D eigenvalue weighted by molar-refractivity contribution is -0.138. The number of hydrogen-bond donors (Lipinski definition) is 1. The largest absolute Gasteiger partial charge is 0.347 e. The van der Waals surface area contributed by atoms with Gasteiger partial charge in [-0.15, -0.1) is 0 Å². The molecule has 30 heavy (non-hydrogen) atoms. The molecule has 1 aliphatic heterocycles. The third-order valence-corrected chi connectivity index (χ3v) is 6.37. The van der Waals surface area contributed by atoms with Crippen LogP contribution >= 0.6 is 0 Å². The van der Waals surface area contributed by atoms with Crippen LogP contribution in [0.3, 0.4) is 0 Å². The van der Waals surface area contributed by atoms with Gasteiger partial charge in [0.15, 0.2) is 5.82 Å². The Kier molecular flexibility index (Phi) is 6.47. The Bertz CT molecular complexity index is 849. The number of aryl methyl sites for hydroxylation is 1. The van der Waals surface area contributed by atoms with E-state index in [9.17, 15) is 9.59 Å². The second-order valence-corrected chi connectivity index (χ2v) is 8.47. The van der Waals surface area contributed by atoms with Crippen LogP contribution in [-0.4, -0.2) is 63.4 Å². The maximum absolute atomic E-state index is 13.0. The van der Waals surface area contributed by atoms with Crippen LogP contribution in [0, 0.1) is 5.92 Å². The normalized spacial score (nSPS) is 22.6. The van der Waals surface area contributed by atoms with E-state index < -0.39 is 0 Å². The van der Waals surface area contributed by atoms with Gasteiger partial charge in [-0.1, -0.05) is 30.3 Å². The topological polar surface area (TPSA) is 70.5 Å². The van der Waals surface area contributed by atoms with Gasteiger partial charge in [0.05, 0.1) is 0 Å². The molecule has 7 nitrogen and oxygen atoms in total. The molecule has 0 atom stereocenters. The number of piperazine rings is 1. The molecule has 2 aliphatic rings. The zero-order valence-electron chi connectivity index (χ0n) is 17.7. The first-order chi connectivity index (χ1) is 14.6. The number of carbonyl (C=O) groups excluding carboxylic acids is 2. The smallest absolute Gasteiger partial charge is 0.287 e. The van der Waals surface area contributed by atoms with Crippen LogP contribution < -0.4 is 5.32 Å². The summed E-state index contributed by atoms with van der Waals surface area (Å²) in [4.78, 5) is 33.9. The van der Waals surface area contributed by atoms with Crippen molar-refractivity contribution in [2.75, 3.05) is 26.2 Å². The monoisotopic (exact) mass is 409 g/mol. The maximum atomic E-state index is 13.0. The Morgan fingerprint density at radius 1 is 1.03 bits per heavy atom. The van der Waals surface area contributed by atoms with E-state index in [0.717, 1.165) is 58.4 Å². The SMILES string of the molecule is Cn1ccnc1C(=O)NC1CCC(C(=O)N2CCN(Cc3ccccc3)CC2)CC1. The van der Waals surface area contributed by atoms with Crippen LogP contribution in [0.1, 0.15) is 41.9 Å². The van der Waals surface area contributed by atoms with E-state index in [1.165, 1.54) is 5.56 Å². The average molecular weight is 410 g/mol. The molecule has 160 valence electrons. The van der Waals surface area contributed by atoms with Gasteiger partial charge in [-0.05, 0) is 31.2 Å². The van der Waals surface area contributed by atoms with Crippen molar-refractivity contribution in [1.82, 2.24) is 24.7 Å². The van der Waals surface area contributed by atoms with Gasteiger partial charge in [-0.25, -0.2) is 4.98 Å². The van der Waals surface area contributed by atoms with Crippen LogP contribution in [-0.2, 0) is 18.4 Å². The average Bonchev–Trinajstić information content (AvgIpc) is 3.21. The van der Waals surface area contributed by atoms with Crippen molar-refractivity contribution in [3.63, 3.8) is 0 Å². The minimum atomic E-state index is -0.133. The molecule has 1 aromatic carbocycles. The Labute approximate surface area is 178 Å². The van der Waals surface area contributed by atoms with Crippen molar-refractivity contribution in [2.24, 2.45) is 13.0 Å². The van der Waals surface area contributed by atoms with Crippen LogP contribution in [0.15, 0.2) is 42.7 Å². The highest BCUT2D eigenvalue weighted by Crippen LogP contribution is 2.27. The highest BCUT2D eigenvalue weighted by atomic mass is 16.2. The van der Waals surface area contributed by atoms with E-state index in [1.54, 1.807) is 17.0 Å². The lowest BCUT2D eigenvalue weighted by Gasteiger charge is -2.38. The molecule has 2 amide bonds. The third kappa shape index (κ3) is 4.90. The molecule has 1 saturated carbocycles. The fraction of sp³-hybridized carbons (Fsp3) is 0.522. The van der Waals surface area contributed by atoms with Gasteiger partial charge in [0, 0.05) is 64.1 Å². The quantitative estimate of drug-likeness (QED) is 0.821. The number of nitrogens with zero attached hydrogens (tertiary/aromatic N) is 4. The van der Waals surface area contributed by atoms with Gasteiger partial charge in [0.25, 0.3) is 5.91 Å². The second kappa shape index (κ2) is 9.43. The number of nitrogens with one attached hydrogen (secondary N) is 1. The number of benzene rings is 1. The molecule has 1 aliphatic carbocycles. The fourth-order valence-corrected chi connectivity index (χ4v) is 4.55. The summed E-state index contributed by atoms with van der Waals surface area (Å²) in [6.45, 7) is 4.41. The summed E-state index contributed by atoms with van der Waals surface area (Å²) in [5.41, 5.74) is 1.32. The molecule has 0 unspecified atom stereocenters. The molecule has 2 fully saturated rings. The molecular weight excluding hydrogens is 378 g/mol. The van der Waals surface area contributed by atoms with Crippen LogP contribution in [0.2, 0.25) is 0 Å². The summed E-state index contributed by atoms with van der Waals surface area (Å²) in [5, 5.41) is 3.08. The summed E-state index contributed by atoms with van der Waals surface area (Å²) in [6.07, 6.45) is 6.78. The van der Waals surface area contributed by atoms with Crippen molar-refractivity contribution in [3.8, 4) is 0 Å². The molecular formula is C23H31N5O2. The van der Waals surface area contributed by atoms with E-state index in [0.29, 0.717) is 11.7 Å². The van der Waals surface area contributed by atoms with E-state index in [-0.39, 0.29) is 17.9 Å². The maximum Gasteiger partial charge on any atom is 0.287 e. The summed E-state index contributed by atoms with van der Waals surface area (Å²) >= 11 is 0. The predicted molar refractivity (Wildman–Crippen MR) is 115 cm³/mol. The molecule has 7 heteroatoms. The van der Waals surface area contributed by atoms with Gasteiger partial charge < -0.3 is 14.8 Å². The Hall–Kier alpha value is -2.67. The molecule has 2 heterocycles. The molecule has 1 aromatic heterocycles. The van der Waals surface area contributed by atoms with Crippen LogP contribution in [0.5, 0.6) is 0 Å². The number of rotatable bonds is 5. The predicted octanol–water partition coefficient (Wildman–Crippen LogP) is 2.05. The summed E-state index contributed by atoms with van der Waals surface area (Å²) in [7, 11) is 1.82. The summed E-state index contributed by atoms with van der Waals surface area (Å²) < 4.78 is 1.72. The number of hydrogen-bond acceptors (Lipinski definition) is 4. The Morgan fingerprint density at radius 3 is 2.37 bits per heavy atom. The highest BCUT2D eigenvalue weighted by Gasteiger charge is 2.31. The van der Waals surface area contributed by atoms with E-state index in [4.69, 9.17) is 0 Å². The third-order valence-electron chi connectivity index (χ3n) is 6.37. The number of imidazole rings is 1. The van der Waals surface area contributed by atoms with Gasteiger partial charge in [0.1, 0.15) is 0 Å². The molecule has 4 rings (SSSR count). The fourth-order valence-electron chi connectivity index (χ4n) is 4.55. The second-order valence-electron chi connectivity index (χ2n) is 8.47. The molecule has 1 N–H and O–H groups in total. The lowest BCUT2D eigenvalue weighted by Crippen LogP contribution is -2.50. The van der Waals surface area contributed by atoms with Gasteiger partial charge >= 0.3 is 0 Å². The number of amides is 2. The number of aromatic nitrogens is 2. The lowest BCUT2D eigenvalue weighted by atomic mass is 9.85. The van der Waals surface area contributed by atoms with E-state index in [1.807, 2.05) is 18.0 Å². The Balaban J connectivity index is 1.20. The van der Waals surface area contributed by atoms with Crippen molar-refractivity contribution in [1.29, 1.82) is 0 Å². The molecule has 0 bridgehead atoms. The minimum Gasteiger partial charge on any atom is -0.347 e. The Morgan fingerprint density at radius 2 is 1.73 bits per heavy atom. The molecule has 0 spiro atoms. The van der Waals surface area contributed by atoms with Crippen molar-refractivity contribution >= 4 is 11.8 Å². The first kappa shape index (κ1) is 20.6. The summed E-state index contributed by atoms with van der Waals surface area (Å²) in [6, 6.07) is 10.6. The number of carbonyl (C=O) groups is 2. The van der Waals surface area contributed by atoms with Gasteiger partial charge in [0.2, 0.25) is 5.91 Å². The zero-order valence-corrected chi connectivity index (χ0v) is 17.7. The van der Waals surface area contributed by atoms with Crippen molar-refractivity contribution < 1.29 is 9.59 Å². The zero-order chi connectivity index (χ0) is 20.9. The first-order valence-corrected chi connectivity index (χ1v) is 10.9. The highest BCUT2D eigenvalue weighted by molar-refractivity contribution is 5.91. The standard InChI is InChI=1S/C23H31N5O2/c1-26-12-11-24-21(26)22(29)25-20-9-7-19(8-10-20)23(30)28-15-13-27(14-16-28)17-18-5-3-2-4-6-18/h2-6,11-12,19-20H,7-10,13-17H2,1H3,(H,25,29). The van der Waals surface area contributed by atoms with Crippen molar-refractivity contribution in [2.45, 2.75) is 38.3 Å². The molecule has 0 radical (unpaired) electrons. The molecule has 1 saturated heterocycles. The first-order valence-electron chi connectivity index (χ1n) is 10.9. The summed E-state index contributed by atoms with van der Waals surface area (Å²) in [5.74, 6) is 0.684. The van der Waals surface area contributed by atoms with Crippen LogP contribution in [0.25, 0.3) is 0 Å². The van der Waals surface area contributed by atoms with Gasteiger partial charge in [-0.2, -0.15) is 0 Å². The van der Waals surface area contributed by atoms with Crippen molar-refractivity contribution in [3.05, 3.63) is 54.1 Å². The minimum absolute atomic E-state index is 0.0898.